The molecule has 126 valence electrons. The third kappa shape index (κ3) is 4.10. The average Bonchev–Trinajstić information content (AvgIpc) is 2.60. The predicted octanol–water partition coefficient (Wildman–Crippen LogP) is 2.54. The van der Waals surface area contributed by atoms with Gasteiger partial charge in [0.15, 0.2) is 0 Å². The zero-order chi connectivity index (χ0) is 17.2. The Morgan fingerprint density at radius 1 is 1.43 bits per heavy atom. The molecule has 1 aromatic rings. The van der Waals surface area contributed by atoms with Crippen LogP contribution in [0.2, 0.25) is 0 Å². The lowest BCUT2D eigenvalue weighted by atomic mass is 9.95. The van der Waals surface area contributed by atoms with E-state index in [0.29, 0.717) is 6.54 Å². The number of fused-ring (bicyclic) bond motifs is 1. The highest BCUT2D eigenvalue weighted by Gasteiger charge is 2.37. The highest BCUT2D eigenvalue weighted by atomic mass is 16.3. The normalized spacial score (nSPS) is 19.6. The summed E-state index contributed by atoms with van der Waals surface area (Å²) in [6, 6.07) is 7.00. The first-order valence-corrected chi connectivity index (χ1v) is 8.13. The minimum absolute atomic E-state index is 0.00458. The Morgan fingerprint density at radius 3 is 2.70 bits per heavy atom. The van der Waals surface area contributed by atoms with Crippen molar-refractivity contribution >= 4 is 17.5 Å². The fraction of sp³-hybridized carbons (Fsp3) is 0.556. The van der Waals surface area contributed by atoms with E-state index in [1.165, 1.54) is 0 Å². The number of carbonyl (C=O) groups excluding carboxylic acids is 2. The summed E-state index contributed by atoms with van der Waals surface area (Å²) in [4.78, 5) is 27.0. The molecule has 1 aromatic carbocycles. The molecule has 2 rings (SSSR count). The number of aliphatic hydroxyl groups is 1. The summed E-state index contributed by atoms with van der Waals surface area (Å²) in [5.74, 6) is -0.321. The molecule has 0 saturated heterocycles. The minimum atomic E-state index is -1.10. The molecule has 0 bridgehead atoms. The topological polar surface area (TPSA) is 69.6 Å². The van der Waals surface area contributed by atoms with Crippen LogP contribution in [0.15, 0.2) is 24.3 Å². The van der Waals surface area contributed by atoms with Gasteiger partial charge in [0.25, 0.3) is 0 Å². The number of benzene rings is 1. The summed E-state index contributed by atoms with van der Waals surface area (Å²) in [7, 11) is 0. The monoisotopic (exact) mass is 318 g/mol. The van der Waals surface area contributed by atoms with Gasteiger partial charge in [-0.25, -0.2) is 0 Å². The van der Waals surface area contributed by atoms with Crippen molar-refractivity contribution in [1.29, 1.82) is 0 Å². The van der Waals surface area contributed by atoms with Crippen molar-refractivity contribution in [3.8, 4) is 0 Å². The summed E-state index contributed by atoms with van der Waals surface area (Å²) in [6.45, 7) is 7.57. The zero-order valence-electron chi connectivity index (χ0n) is 14.3. The molecule has 2 amide bonds. The van der Waals surface area contributed by atoms with Crippen LogP contribution in [0.5, 0.6) is 0 Å². The van der Waals surface area contributed by atoms with Crippen LogP contribution < -0.4 is 5.32 Å². The first-order valence-electron chi connectivity index (χ1n) is 8.13. The van der Waals surface area contributed by atoms with Gasteiger partial charge in [-0.2, -0.15) is 0 Å². The SMILES string of the molecule is CCC(C)C1C(=O)Nc2ccccc2CN1C(=O)CC(C)(C)O. The van der Waals surface area contributed by atoms with E-state index in [0.717, 1.165) is 17.7 Å². The lowest BCUT2D eigenvalue weighted by molar-refractivity contribution is -0.144. The van der Waals surface area contributed by atoms with Gasteiger partial charge in [0.05, 0.1) is 12.0 Å². The quantitative estimate of drug-likeness (QED) is 0.896. The number of para-hydroxylation sites is 1. The highest BCUT2D eigenvalue weighted by Crippen LogP contribution is 2.28. The maximum atomic E-state index is 12.7. The van der Waals surface area contributed by atoms with Crippen LogP contribution in [0.1, 0.15) is 46.1 Å². The molecule has 1 heterocycles. The Hall–Kier alpha value is -1.88. The first kappa shape index (κ1) is 17.5. The van der Waals surface area contributed by atoms with Gasteiger partial charge >= 0.3 is 0 Å². The lowest BCUT2D eigenvalue weighted by Crippen LogP contribution is -2.50. The maximum Gasteiger partial charge on any atom is 0.247 e. The van der Waals surface area contributed by atoms with Crippen molar-refractivity contribution in [1.82, 2.24) is 4.90 Å². The molecule has 0 aromatic heterocycles. The Bertz CT molecular complexity index is 592. The first-order chi connectivity index (χ1) is 10.7. The van der Waals surface area contributed by atoms with Gasteiger partial charge in [-0.1, -0.05) is 38.5 Å². The summed E-state index contributed by atoms with van der Waals surface area (Å²) < 4.78 is 0. The van der Waals surface area contributed by atoms with Crippen LogP contribution in [-0.2, 0) is 16.1 Å². The number of nitrogens with one attached hydrogen (secondary N) is 1. The predicted molar refractivity (Wildman–Crippen MR) is 89.8 cm³/mol. The van der Waals surface area contributed by atoms with Crippen molar-refractivity contribution in [3.63, 3.8) is 0 Å². The smallest absolute Gasteiger partial charge is 0.247 e. The molecule has 0 aliphatic carbocycles. The minimum Gasteiger partial charge on any atom is -0.390 e. The summed E-state index contributed by atoms with van der Waals surface area (Å²) in [5, 5.41) is 12.9. The maximum absolute atomic E-state index is 12.7. The lowest BCUT2D eigenvalue weighted by Gasteiger charge is -2.34. The van der Waals surface area contributed by atoms with Crippen LogP contribution in [0.3, 0.4) is 0 Å². The Balaban J connectivity index is 2.40. The van der Waals surface area contributed by atoms with Crippen LogP contribution in [0.25, 0.3) is 0 Å². The highest BCUT2D eigenvalue weighted by molar-refractivity contribution is 5.99. The van der Waals surface area contributed by atoms with Crippen molar-refractivity contribution in [2.24, 2.45) is 5.92 Å². The fourth-order valence-electron chi connectivity index (χ4n) is 2.91. The van der Waals surface area contributed by atoms with Crippen LogP contribution in [-0.4, -0.2) is 33.5 Å². The number of rotatable bonds is 4. The van der Waals surface area contributed by atoms with Crippen molar-refractivity contribution in [3.05, 3.63) is 29.8 Å². The molecule has 0 saturated carbocycles. The van der Waals surface area contributed by atoms with E-state index < -0.39 is 11.6 Å². The van der Waals surface area contributed by atoms with E-state index in [1.807, 2.05) is 38.1 Å². The van der Waals surface area contributed by atoms with Gasteiger partial charge in [0.2, 0.25) is 11.8 Å². The second-order valence-electron chi connectivity index (χ2n) is 6.99. The van der Waals surface area contributed by atoms with E-state index in [-0.39, 0.29) is 24.2 Å². The summed E-state index contributed by atoms with van der Waals surface area (Å²) in [6.07, 6.45) is 0.788. The number of anilines is 1. The van der Waals surface area contributed by atoms with Crippen LogP contribution >= 0.6 is 0 Å². The summed E-state index contributed by atoms with van der Waals surface area (Å²) >= 11 is 0. The average molecular weight is 318 g/mol. The van der Waals surface area contributed by atoms with Crippen LogP contribution in [0.4, 0.5) is 5.69 Å². The molecular formula is C18H26N2O3. The van der Waals surface area contributed by atoms with E-state index >= 15 is 0 Å². The molecule has 0 spiro atoms. The molecular weight excluding hydrogens is 292 g/mol. The molecule has 1 aliphatic heterocycles. The van der Waals surface area contributed by atoms with Crippen molar-refractivity contribution < 1.29 is 14.7 Å². The number of carbonyl (C=O) groups is 2. The van der Waals surface area contributed by atoms with E-state index in [9.17, 15) is 14.7 Å². The Kier molecular flexibility index (Phi) is 5.09. The fourth-order valence-corrected chi connectivity index (χ4v) is 2.91. The third-order valence-corrected chi connectivity index (χ3v) is 4.31. The van der Waals surface area contributed by atoms with Crippen LogP contribution in [0, 0.1) is 5.92 Å². The molecule has 2 unspecified atom stereocenters. The Morgan fingerprint density at radius 2 is 2.09 bits per heavy atom. The molecule has 5 nitrogen and oxygen atoms in total. The van der Waals surface area contributed by atoms with E-state index in [2.05, 4.69) is 5.32 Å². The van der Waals surface area contributed by atoms with Crippen molar-refractivity contribution in [2.75, 3.05) is 5.32 Å². The van der Waals surface area contributed by atoms with Gasteiger partial charge in [-0.15, -0.1) is 0 Å². The number of hydrogen-bond acceptors (Lipinski definition) is 3. The molecule has 0 fully saturated rings. The largest absolute Gasteiger partial charge is 0.390 e. The molecule has 2 N–H and O–H groups in total. The molecule has 5 heteroatoms. The molecule has 0 radical (unpaired) electrons. The third-order valence-electron chi connectivity index (χ3n) is 4.31. The second kappa shape index (κ2) is 6.71. The van der Waals surface area contributed by atoms with Gasteiger partial charge in [-0.3, -0.25) is 9.59 Å². The molecule has 2 atom stereocenters. The van der Waals surface area contributed by atoms with Crippen molar-refractivity contribution in [2.45, 2.75) is 58.7 Å². The summed E-state index contributed by atoms with van der Waals surface area (Å²) in [5.41, 5.74) is 0.569. The number of amides is 2. The molecule has 1 aliphatic rings. The van der Waals surface area contributed by atoms with Gasteiger partial charge < -0.3 is 15.3 Å². The van der Waals surface area contributed by atoms with E-state index in [1.54, 1.807) is 18.7 Å². The zero-order valence-corrected chi connectivity index (χ0v) is 14.3. The second-order valence-corrected chi connectivity index (χ2v) is 6.99. The molecule has 23 heavy (non-hydrogen) atoms. The van der Waals surface area contributed by atoms with Gasteiger partial charge in [0.1, 0.15) is 6.04 Å². The standard InChI is InChI=1S/C18H26N2O3/c1-5-12(2)16-17(22)19-14-9-7-6-8-13(14)11-20(16)15(21)10-18(3,4)23/h6-9,12,16,23H,5,10-11H2,1-4H3,(H,19,22). The Labute approximate surface area is 137 Å². The van der Waals surface area contributed by atoms with Gasteiger partial charge in [0, 0.05) is 12.2 Å². The van der Waals surface area contributed by atoms with E-state index in [4.69, 9.17) is 0 Å². The number of nitrogens with zero attached hydrogens (tertiary/aromatic N) is 1. The number of hydrogen-bond donors (Lipinski definition) is 2. The van der Waals surface area contributed by atoms with Gasteiger partial charge in [-0.05, 0) is 31.4 Å².